The van der Waals surface area contributed by atoms with Crippen LogP contribution in [-0.2, 0) is 4.79 Å². The molecule has 0 aliphatic carbocycles. The second kappa shape index (κ2) is 7.92. The Balaban J connectivity index is 2.26. The lowest BCUT2D eigenvalue weighted by molar-refractivity contribution is -0.120. The van der Waals surface area contributed by atoms with E-state index >= 15 is 0 Å². The van der Waals surface area contributed by atoms with E-state index in [1.54, 1.807) is 11.4 Å². The van der Waals surface area contributed by atoms with Crippen LogP contribution in [0.2, 0.25) is 0 Å². The van der Waals surface area contributed by atoms with E-state index in [1.165, 1.54) is 11.3 Å². The minimum Gasteiger partial charge on any atom is -0.477 e. The van der Waals surface area contributed by atoms with Crippen LogP contribution in [0.4, 0.5) is 5.88 Å². The first-order valence-corrected chi connectivity index (χ1v) is 8.59. The van der Waals surface area contributed by atoms with Crippen LogP contribution in [0.15, 0.2) is 21.3 Å². The van der Waals surface area contributed by atoms with Gasteiger partial charge in [-0.05, 0) is 24.3 Å². The number of rotatable bonds is 8. The van der Waals surface area contributed by atoms with Crippen LogP contribution in [-0.4, -0.2) is 22.1 Å². The molecule has 23 heavy (non-hydrogen) atoms. The Bertz CT molecular complexity index is 658. The van der Waals surface area contributed by atoms with E-state index in [0.717, 1.165) is 25.7 Å². The van der Waals surface area contributed by atoms with Crippen molar-refractivity contribution in [2.45, 2.75) is 39.5 Å². The van der Waals surface area contributed by atoms with Crippen LogP contribution in [0.3, 0.4) is 0 Å². The normalized spacial score (nSPS) is 10.9. The average Bonchev–Trinajstić information content (AvgIpc) is 3.15. The minimum atomic E-state index is -1.18. The van der Waals surface area contributed by atoms with Crippen molar-refractivity contribution in [3.8, 4) is 11.3 Å². The molecule has 2 aromatic heterocycles. The molecule has 0 unspecified atom stereocenters. The van der Waals surface area contributed by atoms with Gasteiger partial charge in [-0.15, -0.1) is 0 Å². The number of nitrogens with one attached hydrogen (secondary N) is 1. The largest absolute Gasteiger partial charge is 0.477 e. The minimum absolute atomic E-state index is 0.0964. The summed E-state index contributed by atoms with van der Waals surface area (Å²) in [5.41, 5.74) is 0.787. The molecule has 0 bridgehead atoms. The second-order valence-electron chi connectivity index (χ2n) is 5.32. The zero-order chi connectivity index (χ0) is 16.8. The zero-order valence-electron chi connectivity index (χ0n) is 13.2. The number of aromatic nitrogens is 1. The number of carboxylic acids is 1. The number of anilines is 1. The van der Waals surface area contributed by atoms with Crippen molar-refractivity contribution in [3.63, 3.8) is 0 Å². The Kier molecular flexibility index (Phi) is 5.92. The number of thiophene rings is 1. The van der Waals surface area contributed by atoms with Crippen molar-refractivity contribution < 1.29 is 19.2 Å². The summed E-state index contributed by atoms with van der Waals surface area (Å²) in [6.45, 7) is 4.03. The lowest BCUT2D eigenvalue weighted by Crippen LogP contribution is -2.23. The van der Waals surface area contributed by atoms with Crippen molar-refractivity contribution in [2.75, 3.05) is 5.32 Å². The predicted molar refractivity (Wildman–Crippen MR) is 88.7 cm³/mol. The first-order chi connectivity index (χ1) is 11.1. The van der Waals surface area contributed by atoms with Gasteiger partial charge in [-0.3, -0.25) is 10.1 Å². The van der Waals surface area contributed by atoms with Crippen molar-refractivity contribution in [2.24, 2.45) is 5.92 Å². The molecule has 2 heterocycles. The lowest BCUT2D eigenvalue weighted by Gasteiger charge is -2.13. The smallest absolute Gasteiger partial charge is 0.343 e. The molecule has 0 fully saturated rings. The second-order valence-corrected chi connectivity index (χ2v) is 6.10. The Morgan fingerprint density at radius 1 is 1.35 bits per heavy atom. The topological polar surface area (TPSA) is 92.4 Å². The zero-order valence-corrected chi connectivity index (χ0v) is 14.0. The van der Waals surface area contributed by atoms with Crippen molar-refractivity contribution in [1.29, 1.82) is 0 Å². The standard InChI is InChI=1S/C16H20N2O4S/c1-3-5-10(6-4-2)14(19)17-15-12(16(20)21)13(18-22-15)11-7-8-23-9-11/h7-10H,3-6H2,1-2H3,(H,17,19)(H,20,21). The molecule has 124 valence electrons. The van der Waals surface area contributed by atoms with Gasteiger partial charge in [0.15, 0.2) is 5.56 Å². The maximum atomic E-state index is 12.4. The van der Waals surface area contributed by atoms with Gasteiger partial charge in [0.25, 0.3) is 0 Å². The van der Waals surface area contributed by atoms with Crippen LogP contribution in [0.5, 0.6) is 0 Å². The summed E-state index contributed by atoms with van der Waals surface area (Å²) in [5.74, 6) is -1.64. The van der Waals surface area contributed by atoms with Crippen LogP contribution in [0.1, 0.15) is 49.9 Å². The predicted octanol–water partition coefficient (Wildman–Crippen LogP) is 4.26. The Labute approximate surface area is 138 Å². The highest BCUT2D eigenvalue weighted by molar-refractivity contribution is 7.08. The number of amides is 1. The van der Waals surface area contributed by atoms with E-state index in [-0.39, 0.29) is 29.0 Å². The number of aromatic carboxylic acids is 1. The fourth-order valence-electron chi connectivity index (χ4n) is 2.49. The first kappa shape index (κ1) is 17.2. The quantitative estimate of drug-likeness (QED) is 0.751. The van der Waals surface area contributed by atoms with Crippen molar-refractivity contribution >= 4 is 29.1 Å². The molecule has 0 atom stereocenters. The maximum Gasteiger partial charge on any atom is 0.343 e. The van der Waals surface area contributed by atoms with Gasteiger partial charge < -0.3 is 9.63 Å². The van der Waals surface area contributed by atoms with E-state index in [2.05, 4.69) is 10.5 Å². The number of hydrogen-bond acceptors (Lipinski definition) is 5. The molecule has 0 aliphatic rings. The molecule has 0 saturated heterocycles. The molecular formula is C16H20N2O4S. The van der Waals surface area contributed by atoms with E-state index in [0.29, 0.717) is 5.56 Å². The van der Waals surface area contributed by atoms with Gasteiger partial charge in [-0.2, -0.15) is 11.3 Å². The van der Waals surface area contributed by atoms with E-state index in [4.69, 9.17) is 4.52 Å². The average molecular weight is 336 g/mol. The van der Waals surface area contributed by atoms with Crippen molar-refractivity contribution in [3.05, 3.63) is 22.4 Å². The van der Waals surface area contributed by atoms with Crippen LogP contribution < -0.4 is 5.32 Å². The molecular weight excluding hydrogens is 316 g/mol. The molecule has 0 aliphatic heterocycles. The van der Waals surface area contributed by atoms with Crippen LogP contribution in [0.25, 0.3) is 11.3 Å². The summed E-state index contributed by atoms with van der Waals surface area (Å²) in [7, 11) is 0. The Morgan fingerprint density at radius 3 is 2.57 bits per heavy atom. The molecule has 6 nitrogen and oxygen atoms in total. The SMILES string of the molecule is CCCC(CCC)C(=O)Nc1onc(-c2ccsc2)c1C(=O)O. The molecule has 0 aromatic carbocycles. The highest BCUT2D eigenvalue weighted by atomic mass is 32.1. The monoisotopic (exact) mass is 336 g/mol. The van der Waals surface area contributed by atoms with Gasteiger partial charge in [0.1, 0.15) is 5.69 Å². The number of carbonyl (C=O) groups excluding carboxylic acids is 1. The maximum absolute atomic E-state index is 12.4. The summed E-state index contributed by atoms with van der Waals surface area (Å²) >= 11 is 1.43. The van der Waals surface area contributed by atoms with Gasteiger partial charge in [-0.25, -0.2) is 4.79 Å². The molecule has 2 aromatic rings. The summed E-state index contributed by atoms with van der Waals surface area (Å²) in [5, 5.41) is 19.5. The number of carboxylic acid groups (broad SMARTS) is 1. The van der Waals surface area contributed by atoms with Crippen LogP contribution >= 0.6 is 11.3 Å². The fraction of sp³-hybridized carbons (Fsp3) is 0.438. The first-order valence-electron chi connectivity index (χ1n) is 7.64. The highest BCUT2D eigenvalue weighted by Gasteiger charge is 2.27. The third-order valence-electron chi connectivity index (χ3n) is 3.58. The Hall–Kier alpha value is -2.15. The molecule has 1 amide bonds. The van der Waals surface area contributed by atoms with Gasteiger partial charge in [0.2, 0.25) is 11.8 Å². The molecule has 0 radical (unpaired) electrons. The van der Waals surface area contributed by atoms with Gasteiger partial charge in [-0.1, -0.05) is 31.8 Å². The van der Waals surface area contributed by atoms with Gasteiger partial charge in [0.05, 0.1) is 0 Å². The molecule has 0 saturated carbocycles. The van der Waals surface area contributed by atoms with E-state index < -0.39 is 5.97 Å². The third kappa shape index (κ3) is 3.98. The number of carbonyl (C=O) groups is 2. The van der Waals surface area contributed by atoms with Crippen molar-refractivity contribution in [1.82, 2.24) is 5.16 Å². The lowest BCUT2D eigenvalue weighted by atomic mass is 9.97. The molecule has 2 N–H and O–H groups in total. The third-order valence-corrected chi connectivity index (χ3v) is 4.27. The highest BCUT2D eigenvalue weighted by Crippen LogP contribution is 2.31. The van der Waals surface area contributed by atoms with Crippen LogP contribution in [0, 0.1) is 5.92 Å². The van der Waals surface area contributed by atoms with Gasteiger partial charge in [0, 0.05) is 16.9 Å². The summed E-state index contributed by atoms with van der Waals surface area (Å²) in [6, 6.07) is 1.76. The summed E-state index contributed by atoms with van der Waals surface area (Å²) in [4.78, 5) is 23.9. The molecule has 2 rings (SSSR count). The van der Waals surface area contributed by atoms with Gasteiger partial charge >= 0.3 is 5.97 Å². The van der Waals surface area contributed by atoms with E-state index in [9.17, 15) is 14.7 Å². The Morgan fingerprint density at radius 2 is 2.04 bits per heavy atom. The molecule has 0 spiro atoms. The summed E-state index contributed by atoms with van der Waals surface area (Å²) < 4.78 is 5.10. The number of nitrogens with zero attached hydrogens (tertiary/aromatic N) is 1. The molecule has 7 heteroatoms. The summed E-state index contributed by atoms with van der Waals surface area (Å²) in [6.07, 6.45) is 3.29. The van der Waals surface area contributed by atoms with E-state index in [1.807, 2.05) is 19.2 Å². The fourth-order valence-corrected chi connectivity index (χ4v) is 3.13. The number of hydrogen-bond donors (Lipinski definition) is 2.